The molecular weight excluding hydrogens is 272 g/mol. The lowest BCUT2D eigenvalue weighted by molar-refractivity contribution is 0.182. The summed E-state index contributed by atoms with van der Waals surface area (Å²) < 4.78 is 23.2. The first-order chi connectivity index (χ1) is 9.52. The van der Waals surface area contributed by atoms with Crippen LogP contribution in [0.15, 0.2) is 30.3 Å². The van der Waals surface area contributed by atoms with Crippen molar-refractivity contribution in [3.63, 3.8) is 0 Å². The van der Waals surface area contributed by atoms with Crippen molar-refractivity contribution in [1.29, 1.82) is 0 Å². The monoisotopic (exact) mass is 296 g/mol. The fourth-order valence-corrected chi connectivity index (χ4v) is 4.65. The van der Waals surface area contributed by atoms with E-state index in [1.807, 2.05) is 25.2 Å². The molecule has 1 aromatic rings. The number of likely N-dealkylation sites (N-methyl/N-ethyl adjacent to an activating group) is 1. The zero-order valence-electron chi connectivity index (χ0n) is 12.0. The molecule has 1 saturated heterocycles. The molecule has 0 amide bonds. The maximum absolute atomic E-state index is 11.6. The van der Waals surface area contributed by atoms with Crippen LogP contribution in [0.1, 0.15) is 18.4 Å². The summed E-state index contributed by atoms with van der Waals surface area (Å²) >= 11 is 0. The molecule has 4 nitrogen and oxygen atoms in total. The van der Waals surface area contributed by atoms with Crippen molar-refractivity contribution in [3.05, 3.63) is 35.9 Å². The van der Waals surface area contributed by atoms with Gasteiger partial charge in [-0.3, -0.25) is 4.90 Å². The van der Waals surface area contributed by atoms with Gasteiger partial charge in [-0.2, -0.15) is 0 Å². The van der Waals surface area contributed by atoms with Crippen molar-refractivity contribution in [2.75, 3.05) is 25.1 Å². The SMILES string of the molecule is CN(C(CN)CCc1ccccc1)C1CCS(=O)(=O)C1. The zero-order valence-corrected chi connectivity index (χ0v) is 12.8. The van der Waals surface area contributed by atoms with Gasteiger partial charge in [0.2, 0.25) is 0 Å². The standard InChI is InChI=1S/C15H24N2O2S/c1-17(15-9-10-20(18,19)12-15)14(11-16)8-7-13-5-3-2-4-6-13/h2-6,14-15H,7-12,16H2,1H3. The minimum absolute atomic E-state index is 0.129. The van der Waals surface area contributed by atoms with Crippen LogP contribution in [0.4, 0.5) is 0 Å². The molecule has 20 heavy (non-hydrogen) atoms. The Morgan fingerprint density at radius 3 is 2.60 bits per heavy atom. The Hall–Kier alpha value is -0.910. The van der Waals surface area contributed by atoms with Gasteiger partial charge in [-0.15, -0.1) is 0 Å². The first kappa shape index (κ1) is 15.5. The molecule has 5 heteroatoms. The number of nitrogens with zero attached hydrogens (tertiary/aromatic N) is 1. The Labute approximate surface area is 121 Å². The molecule has 2 unspecified atom stereocenters. The van der Waals surface area contributed by atoms with Crippen LogP contribution in [0, 0.1) is 0 Å². The number of hydrogen-bond donors (Lipinski definition) is 1. The molecule has 1 aliphatic heterocycles. The van der Waals surface area contributed by atoms with Gasteiger partial charge < -0.3 is 5.73 Å². The van der Waals surface area contributed by atoms with E-state index in [1.54, 1.807) is 0 Å². The molecule has 0 saturated carbocycles. The lowest BCUT2D eigenvalue weighted by atomic mass is 10.0. The predicted molar refractivity (Wildman–Crippen MR) is 82.4 cm³/mol. The summed E-state index contributed by atoms with van der Waals surface area (Å²) in [5, 5.41) is 0. The van der Waals surface area contributed by atoms with Crippen molar-refractivity contribution in [1.82, 2.24) is 4.90 Å². The lowest BCUT2D eigenvalue weighted by Gasteiger charge is -2.31. The van der Waals surface area contributed by atoms with Crippen molar-refractivity contribution in [2.24, 2.45) is 5.73 Å². The van der Waals surface area contributed by atoms with Crippen molar-refractivity contribution < 1.29 is 8.42 Å². The van der Waals surface area contributed by atoms with Gasteiger partial charge >= 0.3 is 0 Å². The summed E-state index contributed by atoms with van der Waals surface area (Å²) in [6, 6.07) is 10.7. The average molecular weight is 296 g/mol. The minimum Gasteiger partial charge on any atom is -0.329 e. The number of nitrogens with two attached hydrogens (primary N) is 1. The molecule has 2 N–H and O–H groups in total. The van der Waals surface area contributed by atoms with E-state index in [2.05, 4.69) is 17.0 Å². The van der Waals surface area contributed by atoms with E-state index in [-0.39, 0.29) is 17.8 Å². The van der Waals surface area contributed by atoms with Crippen LogP contribution in [0.25, 0.3) is 0 Å². The molecular formula is C15H24N2O2S. The van der Waals surface area contributed by atoms with E-state index < -0.39 is 9.84 Å². The summed E-state index contributed by atoms with van der Waals surface area (Å²) in [7, 11) is -0.824. The number of benzene rings is 1. The normalized spacial score (nSPS) is 23.1. The fourth-order valence-electron chi connectivity index (χ4n) is 2.86. The Morgan fingerprint density at radius 1 is 1.35 bits per heavy atom. The van der Waals surface area contributed by atoms with Crippen LogP contribution in [0.3, 0.4) is 0 Å². The second kappa shape index (κ2) is 6.70. The largest absolute Gasteiger partial charge is 0.329 e. The molecule has 0 radical (unpaired) electrons. The van der Waals surface area contributed by atoms with Gasteiger partial charge in [0.15, 0.2) is 9.84 Å². The van der Waals surface area contributed by atoms with Gasteiger partial charge in [-0.05, 0) is 31.9 Å². The molecule has 1 aromatic carbocycles. The van der Waals surface area contributed by atoms with Crippen LogP contribution < -0.4 is 5.73 Å². The van der Waals surface area contributed by atoms with E-state index in [1.165, 1.54) is 5.56 Å². The molecule has 2 rings (SSSR count). The molecule has 0 aromatic heterocycles. The second-order valence-corrected chi connectivity index (χ2v) is 7.86. The zero-order chi connectivity index (χ0) is 14.6. The van der Waals surface area contributed by atoms with E-state index in [0.717, 1.165) is 19.3 Å². The number of rotatable bonds is 6. The Morgan fingerprint density at radius 2 is 2.05 bits per heavy atom. The minimum atomic E-state index is -2.83. The highest BCUT2D eigenvalue weighted by Crippen LogP contribution is 2.20. The fraction of sp³-hybridized carbons (Fsp3) is 0.600. The van der Waals surface area contributed by atoms with Gasteiger partial charge in [-0.25, -0.2) is 8.42 Å². The Balaban J connectivity index is 1.91. The third-order valence-corrected chi connectivity index (χ3v) is 5.99. The van der Waals surface area contributed by atoms with Gasteiger partial charge in [0.25, 0.3) is 0 Å². The summed E-state index contributed by atoms with van der Waals surface area (Å²) in [5.74, 6) is 0.601. The number of aryl methyl sites for hydroxylation is 1. The number of sulfone groups is 1. The quantitative estimate of drug-likeness (QED) is 0.853. The van der Waals surface area contributed by atoms with Crippen LogP contribution in [0.5, 0.6) is 0 Å². The summed E-state index contributed by atoms with van der Waals surface area (Å²) in [4.78, 5) is 2.17. The van der Waals surface area contributed by atoms with Crippen LogP contribution >= 0.6 is 0 Å². The Bertz CT molecular complexity index is 516. The summed E-state index contributed by atoms with van der Waals surface area (Å²) in [6.07, 6.45) is 2.68. The van der Waals surface area contributed by atoms with Crippen molar-refractivity contribution in [2.45, 2.75) is 31.3 Å². The smallest absolute Gasteiger partial charge is 0.151 e. The molecule has 0 aliphatic carbocycles. The van der Waals surface area contributed by atoms with Crippen LogP contribution in [-0.2, 0) is 16.3 Å². The van der Waals surface area contributed by atoms with Crippen molar-refractivity contribution in [3.8, 4) is 0 Å². The van der Waals surface area contributed by atoms with Gasteiger partial charge in [0.1, 0.15) is 0 Å². The topological polar surface area (TPSA) is 63.4 Å². The van der Waals surface area contributed by atoms with E-state index in [4.69, 9.17) is 5.73 Å². The van der Waals surface area contributed by atoms with Gasteiger partial charge in [0.05, 0.1) is 11.5 Å². The predicted octanol–water partition coefficient (Wildman–Crippen LogP) is 1.07. The molecule has 1 heterocycles. The highest BCUT2D eigenvalue weighted by molar-refractivity contribution is 7.91. The second-order valence-electron chi connectivity index (χ2n) is 5.64. The first-order valence-corrected chi connectivity index (χ1v) is 9.00. The van der Waals surface area contributed by atoms with Crippen LogP contribution in [-0.4, -0.2) is 50.5 Å². The molecule has 0 spiro atoms. The first-order valence-electron chi connectivity index (χ1n) is 7.18. The highest BCUT2D eigenvalue weighted by Gasteiger charge is 2.32. The summed E-state index contributed by atoms with van der Waals surface area (Å²) in [6.45, 7) is 0.569. The van der Waals surface area contributed by atoms with E-state index >= 15 is 0 Å². The molecule has 1 aliphatic rings. The van der Waals surface area contributed by atoms with Crippen LogP contribution in [0.2, 0.25) is 0 Å². The molecule has 112 valence electrons. The van der Waals surface area contributed by atoms with E-state index in [0.29, 0.717) is 12.3 Å². The lowest BCUT2D eigenvalue weighted by Crippen LogP contribution is -2.45. The van der Waals surface area contributed by atoms with Crippen molar-refractivity contribution >= 4 is 9.84 Å². The average Bonchev–Trinajstić information content (AvgIpc) is 2.81. The Kier molecular flexibility index (Phi) is 5.18. The third-order valence-electron chi connectivity index (χ3n) is 4.24. The maximum Gasteiger partial charge on any atom is 0.151 e. The summed E-state index contributed by atoms with van der Waals surface area (Å²) in [5.41, 5.74) is 7.19. The van der Waals surface area contributed by atoms with Gasteiger partial charge in [0, 0.05) is 18.6 Å². The third kappa shape index (κ3) is 4.04. The molecule has 2 atom stereocenters. The maximum atomic E-state index is 11.6. The molecule has 0 bridgehead atoms. The van der Waals surface area contributed by atoms with E-state index in [9.17, 15) is 8.42 Å². The van der Waals surface area contributed by atoms with Gasteiger partial charge in [-0.1, -0.05) is 30.3 Å². The number of hydrogen-bond acceptors (Lipinski definition) is 4. The molecule has 1 fully saturated rings. The highest BCUT2D eigenvalue weighted by atomic mass is 32.2.